The zero-order valence-electron chi connectivity index (χ0n) is 13.8. The molecule has 0 aromatic carbocycles. The van der Waals surface area contributed by atoms with E-state index in [0.29, 0.717) is 30.8 Å². The van der Waals surface area contributed by atoms with Crippen LogP contribution in [0.15, 0.2) is 28.8 Å². The normalized spacial score (nSPS) is 19.1. The smallest absolute Gasteiger partial charge is 0.338 e. The summed E-state index contributed by atoms with van der Waals surface area (Å²) in [5.74, 6) is -0.356. The fourth-order valence-electron chi connectivity index (χ4n) is 2.68. The number of quaternary nitrogens is 1. The molecule has 1 aromatic heterocycles. The molecule has 2 heterocycles. The lowest BCUT2D eigenvalue weighted by Crippen LogP contribution is -3.08. The third kappa shape index (κ3) is 4.56. The number of hydrogen-bond acceptors (Lipinski definition) is 4. The first-order valence-electron chi connectivity index (χ1n) is 7.86. The van der Waals surface area contributed by atoms with Crippen molar-refractivity contribution in [3.8, 4) is 0 Å². The summed E-state index contributed by atoms with van der Waals surface area (Å²) in [6.07, 6.45) is 0.648. The van der Waals surface area contributed by atoms with Gasteiger partial charge in [-0.3, -0.25) is 0 Å². The quantitative estimate of drug-likeness (QED) is 0.640. The molecule has 126 valence electrons. The fourth-order valence-corrected chi connectivity index (χ4v) is 3.49. The minimum absolute atomic E-state index is 0.260. The molecule has 0 saturated heterocycles. The summed E-state index contributed by atoms with van der Waals surface area (Å²) < 4.78 is 5.17. The summed E-state index contributed by atoms with van der Waals surface area (Å²) in [6.45, 7) is 5.45. The second kappa shape index (κ2) is 8.12. The van der Waals surface area contributed by atoms with Crippen molar-refractivity contribution in [3.63, 3.8) is 0 Å². The third-order valence-corrected chi connectivity index (χ3v) is 4.56. The molecule has 1 aliphatic heterocycles. The second-order valence-corrected chi connectivity index (χ2v) is 6.59. The number of hydrogen-bond donors (Lipinski definition) is 3. The van der Waals surface area contributed by atoms with Crippen LogP contribution in [0.1, 0.15) is 25.1 Å². The third-order valence-electron chi connectivity index (χ3n) is 3.68. The minimum Gasteiger partial charge on any atom is -0.463 e. The summed E-state index contributed by atoms with van der Waals surface area (Å²) in [7, 11) is 2.05. The highest BCUT2D eigenvalue weighted by molar-refractivity contribution is 7.09. The maximum Gasteiger partial charge on any atom is 0.338 e. The zero-order chi connectivity index (χ0) is 16.8. The number of rotatable bonds is 7. The summed E-state index contributed by atoms with van der Waals surface area (Å²) >= 11 is 1.71. The fraction of sp³-hybridized carbons (Fsp3) is 0.500. The van der Waals surface area contributed by atoms with E-state index in [1.165, 1.54) is 9.78 Å². The highest BCUT2D eigenvalue weighted by Gasteiger charge is 2.32. The lowest BCUT2D eigenvalue weighted by molar-refractivity contribution is -0.888. The molecule has 2 rings (SSSR count). The Morgan fingerprint density at radius 2 is 2.17 bits per heavy atom. The predicted molar refractivity (Wildman–Crippen MR) is 89.2 cm³/mol. The summed E-state index contributed by atoms with van der Waals surface area (Å²) in [4.78, 5) is 26.6. The molecule has 3 N–H and O–H groups in total. The van der Waals surface area contributed by atoms with Crippen LogP contribution in [0.5, 0.6) is 0 Å². The Bertz CT molecular complexity index is 583. The molecular formula is C16H24N3O3S+. The summed E-state index contributed by atoms with van der Waals surface area (Å²) in [5, 5.41) is 7.63. The number of thiophene rings is 1. The number of esters is 1. The van der Waals surface area contributed by atoms with E-state index in [1.54, 1.807) is 18.3 Å². The van der Waals surface area contributed by atoms with E-state index in [4.69, 9.17) is 4.74 Å². The van der Waals surface area contributed by atoms with Gasteiger partial charge in [-0.1, -0.05) is 13.0 Å². The van der Waals surface area contributed by atoms with Gasteiger partial charge in [-0.15, -0.1) is 11.3 Å². The van der Waals surface area contributed by atoms with Gasteiger partial charge in [-0.25, -0.2) is 9.59 Å². The first kappa shape index (κ1) is 17.5. The molecule has 0 spiro atoms. The molecular weight excluding hydrogens is 314 g/mol. The van der Waals surface area contributed by atoms with Crippen LogP contribution in [0.3, 0.4) is 0 Å². The van der Waals surface area contributed by atoms with Crippen LogP contribution in [-0.4, -0.2) is 38.2 Å². The van der Waals surface area contributed by atoms with Crippen molar-refractivity contribution in [1.82, 2.24) is 10.6 Å². The van der Waals surface area contributed by atoms with E-state index < -0.39 is 0 Å². The number of carbonyl (C=O) groups is 2. The van der Waals surface area contributed by atoms with Gasteiger partial charge in [0, 0.05) is 0 Å². The van der Waals surface area contributed by atoms with E-state index in [2.05, 4.69) is 16.7 Å². The second-order valence-electron chi connectivity index (χ2n) is 5.56. The number of carbonyl (C=O) groups excluding carboxylic acids is 2. The molecule has 0 fully saturated rings. The molecule has 1 aliphatic rings. The molecule has 1 unspecified atom stereocenters. The SMILES string of the molecule is CCOC(=O)C1=C(C[NH+](C)Cc2cccs2)NC(=O)N[C@H]1CC. The van der Waals surface area contributed by atoms with Crippen LogP contribution in [0.25, 0.3) is 0 Å². The molecule has 1 aromatic rings. The Hall–Kier alpha value is -1.86. The monoisotopic (exact) mass is 338 g/mol. The number of urea groups is 1. The summed E-state index contributed by atoms with van der Waals surface area (Å²) in [5.41, 5.74) is 1.20. The van der Waals surface area contributed by atoms with Gasteiger partial charge < -0.3 is 20.3 Å². The highest BCUT2D eigenvalue weighted by Crippen LogP contribution is 2.16. The lowest BCUT2D eigenvalue weighted by Gasteiger charge is -2.29. The van der Waals surface area contributed by atoms with Crippen LogP contribution < -0.4 is 15.5 Å². The topological polar surface area (TPSA) is 71.9 Å². The standard InChI is InChI=1S/C16H23N3O3S/c1-4-12-14(15(20)22-5-2)13(18-16(21)17-12)10-19(3)9-11-7-6-8-23-11/h6-8,12H,4-5,9-10H2,1-3H3,(H2,17,18,21)/p+1/t12-/m0/s1. The Labute approximate surface area is 140 Å². The van der Waals surface area contributed by atoms with Gasteiger partial charge in [0.25, 0.3) is 0 Å². The van der Waals surface area contributed by atoms with E-state index in [0.717, 1.165) is 6.54 Å². The van der Waals surface area contributed by atoms with E-state index in [-0.39, 0.29) is 18.0 Å². The largest absolute Gasteiger partial charge is 0.463 e. The van der Waals surface area contributed by atoms with Crippen molar-refractivity contribution >= 4 is 23.3 Å². The number of amides is 2. The average molecular weight is 338 g/mol. The minimum atomic E-state index is -0.356. The molecule has 23 heavy (non-hydrogen) atoms. The van der Waals surface area contributed by atoms with Crippen molar-refractivity contribution in [2.24, 2.45) is 0 Å². The molecule has 0 bridgehead atoms. The molecule has 2 amide bonds. The van der Waals surface area contributed by atoms with Crippen LogP contribution in [0.4, 0.5) is 4.79 Å². The maximum atomic E-state index is 12.3. The van der Waals surface area contributed by atoms with Gasteiger partial charge in [0.2, 0.25) is 0 Å². The van der Waals surface area contributed by atoms with Gasteiger partial charge in [0.05, 0.1) is 35.8 Å². The lowest BCUT2D eigenvalue weighted by atomic mass is 10.00. The molecule has 7 heteroatoms. The van der Waals surface area contributed by atoms with Crippen LogP contribution in [-0.2, 0) is 16.1 Å². The van der Waals surface area contributed by atoms with Crippen LogP contribution >= 0.6 is 11.3 Å². The van der Waals surface area contributed by atoms with Crippen LogP contribution in [0, 0.1) is 0 Å². The maximum absolute atomic E-state index is 12.3. The average Bonchev–Trinajstić information content (AvgIpc) is 2.99. The Morgan fingerprint density at radius 1 is 1.39 bits per heavy atom. The Balaban J connectivity index is 2.20. The van der Waals surface area contributed by atoms with Gasteiger partial charge >= 0.3 is 12.0 Å². The molecule has 6 nitrogen and oxygen atoms in total. The predicted octanol–water partition coefficient (Wildman–Crippen LogP) is 0.671. The van der Waals surface area contributed by atoms with Gasteiger partial charge in [-0.05, 0) is 24.8 Å². The van der Waals surface area contributed by atoms with E-state index in [1.807, 2.05) is 25.4 Å². The molecule has 0 saturated carbocycles. The molecule has 0 radical (unpaired) electrons. The first-order chi connectivity index (χ1) is 11.0. The first-order valence-corrected chi connectivity index (χ1v) is 8.74. The van der Waals surface area contributed by atoms with Gasteiger partial charge in [0.1, 0.15) is 13.1 Å². The van der Waals surface area contributed by atoms with E-state index >= 15 is 0 Å². The van der Waals surface area contributed by atoms with Crippen molar-refractivity contribution in [3.05, 3.63) is 33.7 Å². The summed E-state index contributed by atoms with van der Waals surface area (Å²) in [6, 6.07) is 3.55. The number of nitrogens with one attached hydrogen (secondary N) is 3. The van der Waals surface area contributed by atoms with E-state index in [9.17, 15) is 9.59 Å². The molecule has 0 aliphatic carbocycles. The highest BCUT2D eigenvalue weighted by atomic mass is 32.1. The van der Waals surface area contributed by atoms with Crippen LogP contribution in [0.2, 0.25) is 0 Å². The van der Waals surface area contributed by atoms with Gasteiger partial charge in [-0.2, -0.15) is 0 Å². The molecule has 2 atom stereocenters. The van der Waals surface area contributed by atoms with Crippen molar-refractivity contribution in [2.45, 2.75) is 32.9 Å². The van der Waals surface area contributed by atoms with Crippen molar-refractivity contribution < 1.29 is 19.2 Å². The zero-order valence-corrected chi connectivity index (χ0v) is 14.6. The number of ether oxygens (including phenoxy) is 1. The van der Waals surface area contributed by atoms with Crippen molar-refractivity contribution in [1.29, 1.82) is 0 Å². The van der Waals surface area contributed by atoms with Crippen molar-refractivity contribution in [2.75, 3.05) is 20.2 Å². The number of likely N-dealkylation sites (N-methyl/N-ethyl adjacent to an activating group) is 1. The Morgan fingerprint density at radius 3 is 2.78 bits per heavy atom. The Kier molecular flexibility index (Phi) is 6.18. The van der Waals surface area contributed by atoms with Gasteiger partial charge in [0.15, 0.2) is 0 Å².